The molecular weight excluding hydrogens is 302 g/mol. The van der Waals surface area contributed by atoms with Crippen molar-refractivity contribution in [3.63, 3.8) is 0 Å². The molecule has 0 amide bonds. The van der Waals surface area contributed by atoms with Crippen molar-refractivity contribution in [2.45, 2.75) is 30.7 Å². The van der Waals surface area contributed by atoms with Gasteiger partial charge in [0, 0.05) is 11.6 Å². The SMILES string of the molecule is CC(C)(CC(=O)O)Nc1ccc(S(N)(=O)=O)cc1[N+](=O)[O-]. The number of carboxylic acid groups (broad SMARTS) is 1. The lowest BCUT2D eigenvalue weighted by Crippen LogP contribution is -2.33. The van der Waals surface area contributed by atoms with Crippen molar-refractivity contribution in [2.24, 2.45) is 5.14 Å². The number of hydrogen-bond donors (Lipinski definition) is 3. The standard InChI is InChI=1S/C11H15N3O6S/c1-11(2,6-10(15)16)13-8-4-3-7(21(12,19)20)5-9(8)14(17)18/h3-5,13H,6H2,1-2H3,(H,15,16)(H2,12,19,20). The lowest BCUT2D eigenvalue weighted by molar-refractivity contribution is -0.384. The summed E-state index contributed by atoms with van der Waals surface area (Å²) in [5.74, 6) is -1.07. The molecule has 0 aliphatic heterocycles. The van der Waals surface area contributed by atoms with Gasteiger partial charge in [0.1, 0.15) is 5.69 Å². The van der Waals surface area contributed by atoms with Gasteiger partial charge in [-0.2, -0.15) is 0 Å². The van der Waals surface area contributed by atoms with Gasteiger partial charge in [0.05, 0.1) is 16.2 Å². The van der Waals surface area contributed by atoms with Crippen LogP contribution in [0.5, 0.6) is 0 Å². The molecule has 1 aromatic rings. The summed E-state index contributed by atoms with van der Waals surface area (Å²) in [6.45, 7) is 3.11. The van der Waals surface area contributed by atoms with Crippen molar-refractivity contribution in [2.75, 3.05) is 5.32 Å². The number of carboxylic acids is 1. The molecular formula is C11H15N3O6S. The molecule has 0 aliphatic carbocycles. The Morgan fingerprint density at radius 1 is 1.48 bits per heavy atom. The van der Waals surface area contributed by atoms with E-state index in [1.165, 1.54) is 6.07 Å². The fourth-order valence-electron chi connectivity index (χ4n) is 1.73. The van der Waals surface area contributed by atoms with Crippen molar-refractivity contribution in [1.29, 1.82) is 0 Å². The summed E-state index contributed by atoms with van der Waals surface area (Å²) in [5.41, 5.74) is -1.45. The monoisotopic (exact) mass is 317 g/mol. The Hall–Kier alpha value is -2.20. The lowest BCUT2D eigenvalue weighted by atomic mass is 10.00. The van der Waals surface area contributed by atoms with Gasteiger partial charge < -0.3 is 10.4 Å². The molecule has 1 rings (SSSR count). The number of nitro benzene ring substituents is 1. The van der Waals surface area contributed by atoms with Gasteiger partial charge in [-0.1, -0.05) is 0 Å². The highest BCUT2D eigenvalue weighted by atomic mass is 32.2. The molecule has 116 valence electrons. The van der Waals surface area contributed by atoms with Gasteiger partial charge in [-0.05, 0) is 26.0 Å². The quantitative estimate of drug-likeness (QED) is 0.520. The number of nitro groups is 1. The predicted octanol–water partition coefficient (Wildman–Crippen LogP) is 0.907. The van der Waals surface area contributed by atoms with Gasteiger partial charge in [0.25, 0.3) is 5.69 Å². The first-order chi connectivity index (χ1) is 9.42. The van der Waals surface area contributed by atoms with Gasteiger partial charge in [-0.3, -0.25) is 14.9 Å². The molecule has 0 aromatic heterocycles. The van der Waals surface area contributed by atoms with Crippen molar-refractivity contribution < 1.29 is 23.2 Å². The van der Waals surface area contributed by atoms with Crippen LogP contribution in [0.1, 0.15) is 20.3 Å². The number of nitrogens with two attached hydrogens (primary N) is 1. The number of carbonyl (C=O) groups is 1. The maximum Gasteiger partial charge on any atom is 0.305 e. The van der Waals surface area contributed by atoms with Crippen LogP contribution in [-0.2, 0) is 14.8 Å². The second-order valence-corrected chi connectivity index (χ2v) is 6.62. The van der Waals surface area contributed by atoms with Crippen molar-refractivity contribution in [3.05, 3.63) is 28.3 Å². The number of rotatable bonds is 6. The normalized spacial score (nSPS) is 12.0. The van der Waals surface area contributed by atoms with Crippen LogP contribution in [0.3, 0.4) is 0 Å². The van der Waals surface area contributed by atoms with E-state index in [1.54, 1.807) is 13.8 Å². The van der Waals surface area contributed by atoms with Gasteiger partial charge in [-0.15, -0.1) is 0 Å². The molecule has 0 aliphatic rings. The summed E-state index contributed by atoms with van der Waals surface area (Å²) in [7, 11) is -4.06. The van der Waals surface area contributed by atoms with Crippen LogP contribution in [-0.4, -0.2) is 30.0 Å². The number of primary sulfonamides is 1. The highest BCUT2D eigenvalue weighted by Crippen LogP contribution is 2.30. The molecule has 0 unspecified atom stereocenters. The van der Waals surface area contributed by atoms with E-state index < -0.39 is 37.0 Å². The minimum atomic E-state index is -4.06. The molecule has 21 heavy (non-hydrogen) atoms. The van der Waals surface area contributed by atoms with E-state index >= 15 is 0 Å². The largest absolute Gasteiger partial charge is 0.481 e. The second-order valence-electron chi connectivity index (χ2n) is 5.06. The summed E-state index contributed by atoms with van der Waals surface area (Å²) in [6, 6.07) is 3.12. The predicted molar refractivity (Wildman–Crippen MR) is 74.4 cm³/mol. The van der Waals surface area contributed by atoms with E-state index in [0.717, 1.165) is 12.1 Å². The van der Waals surface area contributed by atoms with Gasteiger partial charge >= 0.3 is 5.97 Å². The Morgan fingerprint density at radius 3 is 2.48 bits per heavy atom. The van der Waals surface area contributed by atoms with E-state index in [0.29, 0.717) is 0 Å². The number of aliphatic carboxylic acids is 1. The first-order valence-electron chi connectivity index (χ1n) is 5.73. The molecule has 1 aromatic carbocycles. The van der Waals surface area contributed by atoms with Gasteiger partial charge in [0.15, 0.2) is 0 Å². The van der Waals surface area contributed by atoms with Crippen LogP contribution in [0, 0.1) is 10.1 Å². The molecule has 0 fully saturated rings. The maximum absolute atomic E-state index is 11.2. The zero-order chi connectivity index (χ0) is 16.4. The van der Waals surface area contributed by atoms with Gasteiger partial charge in [0.2, 0.25) is 10.0 Å². The Labute approximate surface area is 121 Å². The lowest BCUT2D eigenvalue weighted by Gasteiger charge is -2.25. The smallest absolute Gasteiger partial charge is 0.305 e. The molecule has 9 nitrogen and oxygen atoms in total. The first-order valence-corrected chi connectivity index (χ1v) is 7.28. The number of hydrogen-bond acceptors (Lipinski definition) is 6. The van der Waals surface area contributed by atoms with E-state index in [9.17, 15) is 23.3 Å². The molecule has 0 heterocycles. The number of sulfonamides is 1. The van der Waals surface area contributed by atoms with Crippen molar-refractivity contribution >= 4 is 27.4 Å². The fraction of sp³-hybridized carbons (Fsp3) is 0.364. The summed E-state index contributed by atoms with van der Waals surface area (Å²) >= 11 is 0. The minimum absolute atomic E-state index is 0.0126. The maximum atomic E-state index is 11.2. The molecule has 0 radical (unpaired) electrons. The fourth-order valence-corrected chi connectivity index (χ4v) is 2.27. The minimum Gasteiger partial charge on any atom is -0.481 e. The molecule has 10 heteroatoms. The van der Waals surface area contributed by atoms with Crippen LogP contribution in [0.25, 0.3) is 0 Å². The van der Waals surface area contributed by atoms with Crippen LogP contribution < -0.4 is 10.5 Å². The Morgan fingerprint density at radius 2 is 2.05 bits per heavy atom. The summed E-state index contributed by atoms with van der Waals surface area (Å²) in [6.07, 6.45) is -0.277. The molecule has 4 N–H and O–H groups in total. The first kappa shape index (κ1) is 16.9. The average Bonchev–Trinajstić information content (AvgIpc) is 2.24. The third-order valence-electron chi connectivity index (χ3n) is 2.56. The Balaban J connectivity index is 3.25. The highest BCUT2D eigenvalue weighted by Gasteiger charge is 2.26. The van der Waals surface area contributed by atoms with Crippen molar-refractivity contribution in [1.82, 2.24) is 0 Å². The van der Waals surface area contributed by atoms with Crippen LogP contribution in [0.4, 0.5) is 11.4 Å². The van der Waals surface area contributed by atoms with Crippen LogP contribution >= 0.6 is 0 Å². The van der Waals surface area contributed by atoms with E-state index in [1.807, 2.05) is 0 Å². The van der Waals surface area contributed by atoms with E-state index in [4.69, 9.17) is 10.2 Å². The summed E-state index contributed by atoms with van der Waals surface area (Å²) in [4.78, 5) is 20.6. The third kappa shape index (κ3) is 4.68. The topological polar surface area (TPSA) is 153 Å². The highest BCUT2D eigenvalue weighted by molar-refractivity contribution is 7.89. The third-order valence-corrected chi connectivity index (χ3v) is 3.47. The number of benzene rings is 1. The van der Waals surface area contributed by atoms with Crippen molar-refractivity contribution in [3.8, 4) is 0 Å². The summed E-state index contributed by atoms with van der Waals surface area (Å²) in [5, 5.41) is 27.4. The van der Waals surface area contributed by atoms with E-state index in [2.05, 4.69) is 5.32 Å². The molecule has 0 spiro atoms. The number of nitrogens with one attached hydrogen (secondary N) is 1. The molecule has 0 bridgehead atoms. The van der Waals surface area contributed by atoms with Gasteiger partial charge in [-0.25, -0.2) is 13.6 Å². The number of anilines is 1. The second kappa shape index (κ2) is 5.66. The molecule has 0 atom stereocenters. The summed E-state index contributed by atoms with van der Waals surface area (Å²) < 4.78 is 22.4. The Bertz CT molecular complexity index is 683. The number of nitrogens with zero attached hydrogens (tertiary/aromatic N) is 1. The average molecular weight is 317 g/mol. The molecule has 0 saturated carbocycles. The Kier molecular flexibility index (Phi) is 4.54. The van der Waals surface area contributed by atoms with E-state index in [-0.39, 0.29) is 12.1 Å². The molecule has 0 saturated heterocycles. The van der Waals surface area contributed by atoms with Crippen LogP contribution in [0.15, 0.2) is 23.1 Å². The zero-order valence-electron chi connectivity index (χ0n) is 11.4. The zero-order valence-corrected chi connectivity index (χ0v) is 12.2. The van der Waals surface area contributed by atoms with Crippen LogP contribution in [0.2, 0.25) is 0 Å².